The number of rotatable bonds is 10. The quantitative estimate of drug-likeness (QED) is 0.245. The third-order valence-electron chi connectivity index (χ3n) is 4.11. The zero-order valence-electron chi connectivity index (χ0n) is 15.2. The summed E-state index contributed by atoms with van der Waals surface area (Å²) in [7, 11) is 3.61. The SMILES string of the molecule is CCCCCCNC(=NC)N1CCC(OCCCOC)CC1.I. The fourth-order valence-electron chi connectivity index (χ4n) is 2.77. The number of guanidine groups is 1. The normalized spacial score (nSPS) is 16.3. The summed E-state index contributed by atoms with van der Waals surface area (Å²) >= 11 is 0. The van der Waals surface area contributed by atoms with E-state index in [0.29, 0.717) is 6.10 Å². The van der Waals surface area contributed by atoms with Crippen molar-refractivity contribution in [3.63, 3.8) is 0 Å². The minimum absolute atomic E-state index is 0. The third kappa shape index (κ3) is 10.4. The maximum atomic E-state index is 5.91. The van der Waals surface area contributed by atoms with E-state index in [9.17, 15) is 0 Å². The van der Waals surface area contributed by atoms with E-state index in [-0.39, 0.29) is 24.0 Å². The van der Waals surface area contributed by atoms with Gasteiger partial charge in [0.05, 0.1) is 6.10 Å². The average molecular weight is 441 g/mol. The molecular weight excluding hydrogens is 405 g/mol. The van der Waals surface area contributed by atoms with Crippen LogP contribution in [0, 0.1) is 0 Å². The summed E-state index contributed by atoms with van der Waals surface area (Å²) in [6.45, 7) is 6.93. The second-order valence-corrected chi connectivity index (χ2v) is 5.94. The molecule has 0 amide bonds. The molecule has 1 heterocycles. The molecule has 5 nitrogen and oxygen atoms in total. The number of nitrogens with zero attached hydrogens (tertiary/aromatic N) is 2. The van der Waals surface area contributed by atoms with E-state index < -0.39 is 0 Å². The van der Waals surface area contributed by atoms with Crippen molar-refractivity contribution in [2.45, 2.75) is 58.0 Å². The summed E-state index contributed by atoms with van der Waals surface area (Å²) in [4.78, 5) is 6.77. The van der Waals surface area contributed by atoms with Gasteiger partial charge in [-0.05, 0) is 25.7 Å². The Morgan fingerprint density at radius 2 is 1.87 bits per heavy atom. The molecule has 0 unspecified atom stereocenters. The summed E-state index contributed by atoms with van der Waals surface area (Å²) < 4.78 is 10.9. The molecule has 0 bridgehead atoms. The van der Waals surface area contributed by atoms with E-state index in [0.717, 1.165) is 58.1 Å². The van der Waals surface area contributed by atoms with Crippen LogP contribution in [0.15, 0.2) is 4.99 Å². The maximum absolute atomic E-state index is 5.91. The fraction of sp³-hybridized carbons (Fsp3) is 0.941. The van der Waals surface area contributed by atoms with Gasteiger partial charge >= 0.3 is 0 Å². The van der Waals surface area contributed by atoms with Crippen LogP contribution in [0.3, 0.4) is 0 Å². The molecule has 0 aromatic heterocycles. The Kier molecular flexibility index (Phi) is 15.4. The number of aliphatic imine (C=N–C) groups is 1. The van der Waals surface area contributed by atoms with Crippen molar-refractivity contribution in [2.75, 3.05) is 47.0 Å². The third-order valence-corrected chi connectivity index (χ3v) is 4.11. The molecule has 1 aliphatic rings. The predicted octanol–water partition coefficient (Wildman–Crippen LogP) is 3.28. The molecule has 0 spiro atoms. The summed E-state index contributed by atoms with van der Waals surface area (Å²) in [6, 6.07) is 0. The van der Waals surface area contributed by atoms with Gasteiger partial charge in [0.25, 0.3) is 0 Å². The van der Waals surface area contributed by atoms with Gasteiger partial charge in [-0.1, -0.05) is 26.2 Å². The van der Waals surface area contributed by atoms with E-state index >= 15 is 0 Å². The summed E-state index contributed by atoms with van der Waals surface area (Å²) in [5.74, 6) is 1.05. The summed E-state index contributed by atoms with van der Waals surface area (Å²) in [5, 5.41) is 3.49. The van der Waals surface area contributed by atoms with Crippen molar-refractivity contribution in [1.29, 1.82) is 0 Å². The molecule has 23 heavy (non-hydrogen) atoms. The standard InChI is InChI=1S/C17H35N3O2.HI/c1-4-5-6-7-11-19-17(18-2)20-12-9-16(10-13-20)22-15-8-14-21-3;/h16H,4-15H2,1-3H3,(H,18,19);1H. The highest BCUT2D eigenvalue weighted by Crippen LogP contribution is 2.14. The number of nitrogens with one attached hydrogen (secondary N) is 1. The van der Waals surface area contributed by atoms with Gasteiger partial charge in [0.2, 0.25) is 0 Å². The van der Waals surface area contributed by atoms with E-state index in [2.05, 4.69) is 22.1 Å². The van der Waals surface area contributed by atoms with E-state index in [1.807, 2.05) is 7.05 Å². The van der Waals surface area contributed by atoms with Gasteiger partial charge in [0.15, 0.2) is 5.96 Å². The van der Waals surface area contributed by atoms with Crippen LogP contribution >= 0.6 is 24.0 Å². The Morgan fingerprint density at radius 1 is 1.13 bits per heavy atom. The van der Waals surface area contributed by atoms with E-state index in [1.54, 1.807) is 7.11 Å². The lowest BCUT2D eigenvalue weighted by molar-refractivity contribution is 0.00991. The van der Waals surface area contributed by atoms with Crippen LogP contribution in [0.4, 0.5) is 0 Å². The Hall–Kier alpha value is -0.0800. The average Bonchev–Trinajstić information content (AvgIpc) is 2.56. The first-order valence-electron chi connectivity index (χ1n) is 8.88. The fourth-order valence-corrected chi connectivity index (χ4v) is 2.77. The molecule has 0 radical (unpaired) electrons. The number of unbranched alkanes of at least 4 members (excludes halogenated alkanes) is 3. The molecule has 1 aliphatic heterocycles. The van der Waals surface area contributed by atoms with Crippen molar-refractivity contribution in [3.05, 3.63) is 0 Å². The molecule has 0 aromatic rings. The molecule has 0 aromatic carbocycles. The molecule has 1 fully saturated rings. The Bertz CT molecular complexity index is 296. The van der Waals surface area contributed by atoms with Crippen molar-refractivity contribution in [1.82, 2.24) is 10.2 Å². The van der Waals surface area contributed by atoms with Gasteiger partial charge in [0, 0.05) is 47.0 Å². The maximum Gasteiger partial charge on any atom is 0.193 e. The minimum Gasteiger partial charge on any atom is -0.385 e. The Morgan fingerprint density at radius 3 is 2.48 bits per heavy atom. The first-order chi connectivity index (χ1) is 10.8. The molecule has 1 saturated heterocycles. The molecular formula is C17H36IN3O2. The van der Waals surface area contributed by atoms with Crippen LogP contribution in [-0.2, 0) is 9.47 Å². The van der Waals surface area contributed by atoms with Gasteiger partial charge in [-0.15, -0.1) is 24.0 Å². The lowest BCUT2D eigenvalue weighted by atomic mass is 10.1. The largest absolute Gasteiger partial charge is 0.385 e. The number of likely N-dealkylation sites (tertiary alicyclic amines) is 1. The smallest absolute Gasteiger partial charge is 0.193 e. The van der Waals surface area contributed by atoms with Crippen molar-refractivity contribution >= 4 is 29.9 Å². The number of hydrogen-bond donors (Lipinski definition) is 1. The Labute approximate surface area is 159 Å². The van der Waals surface area contributed by atoms with E-state index in [1.165, 1.54) is 25.7 Å². The predicted molar refractivity (Wildman–Crippen MR) is 108 cm³/mol. The molecule has 138 valence electrons. The molecule has 0 aliphatic carbocycles. The van der Waals surface area contributed by atoms with Gasteiger partial charge in [-0.25, -0.2) is 0 Å². The van der Waals surface area contributed by atoms with Gasteiger partial charge in [-0.3, -0.25) is 4.99 Å². The van der Waals surface area contributed by atoms with E-state index in [4.69, 9.17) is 9.47 Å². The van der Waals surface area contributed by atoms with Crippen molar-refractivity contribution < 1.29 is 9.47 Å². The van der Waals surface area contributed by atoms with Crippen LogP contribution in [0.5, 0.6) is 0 Å². The van der Waals surface area contributed by atoms with Gasteiger partial charge in [0.1, 0.15) is 0 Å². The highest BCUT2D eigenvalue weighted by molar-refractivity contribution is 14.0. The number of methoxy groups -OCH3 is 1. The zero-order valence-corrected chi connectivity index (χ0v) is 17.5. The highest BCUT2D eigenvalue weighted by Gasteiger charge is 2.21. The Balaban J connectivity index is 0.00000484. The van der Waals surface area contributed by atoms with Crippen LogP contribution in [-0.4, -0.2) is 64.0 Å². The number of hydrogen-bond acceptors (Lipinski definition) is 3. The number of ether oxygens (including phenoxy) is 2. The molecule has 0 atom stereocenters. The first-order valence-corrected chi connectivity index (χ1v) is 8.88. The highest BCUT2D eigenvalue weighted by atomic mass is 127. The second kappa shape index (κ2) is 15.4. The topological polar surface area (TPSA) is 46.1 Å². The van der Waals surface area contributed by atoms with Crippen LogP contribution in [0.1, 0.15) is 51.9 Å². The first kappa shape index (κ1) is 22.9. The molecule has 6 heteroatoms. The molecule has 0 saturated carbocycles. The van der Waals surface area contributed by atoms with Gasteiger partial charge < -0.3 is 19.7 Å². The molecule has 1 N–H and O–H groups in total. The number of halogens is 1. The van der Waals surface area contributed by atoms with Crippen molar-refractivity contribution in [2.24, 2.45) is 4.99 Å². The monoisotopic (exact) mass is 441 g/mol. The van der Waals surface area contributed by atoms with Crippen molar-refractivity contribution in [3.8, 4) is 0 Å². The van der Waals surface area contributed by atoms with Crippen LogP contribution < -0.4 is 5.32 Å². The molecule has 1 rings (SSSR count). The lowest BCUT2D eigenvalue weighted by Crippen LogP contribution is -2.47. The minimum atomic E-state index is 0. The van der Waals surface area contributed by atoms with Crippen LogP contribution in [0.2, 0.25) is 0 Å². The zero-order chi connectivity index (χ0) is 16.0. The van der Waals surface area contributed by atoms with Crippen LogP contribution in [0.25, 0.3) is 0 Å². The number of piperidine rings is 1. The van der Waals surface area contributed by atoms with Gasteiger partial charge in [-0.2, -0.15) is 0 Å². The summed E-state index contributed by atoms with van der Waals surface area (Å²) in [5.41, 5.74) is 0. The second-order valence-electron chi connectivity index (χ2n) is 5.94. The summed E-state index contributed by atoms with van der Waals surface area (Å²) in [6.07, 6.45) is 8.70. The lowest BCUT2D eigenvalue weighted by Gasteiger charge is -2.34.